The van der Waals surface area contributed by atoms with Crippen LogP contribution < -0.4 is 5.84 Å². The van der Waals surface area contributed by atoms with Crippen molar-refractivity contribution in [1.82, 2.24) is 0 Å². The monoisotopic (exact) mass is 178 g/mol. The zero-order valence-corrected chi connectivity index (χ0v) is 7.23. The number of hydrazone groups is 1. The zero-order valence-electron chi connectivity index (χ0n) is 7.23. The molecule has 0 aliphatic heterocycles. The van der Waals surface area contributed by atoms with E-state index in [1.54, 1.807) is 24.3 Å². The predicted octanol–water partition coefficient (Wildman–Crippen LogP) is 0.766. The second-order valence-corrected chi connectivity index (χ2v) is 2.39. The summed E-state index contributed by atoms with van der Waals surface area (Å²) in [5, 5.41) is 3.36. The molecule has 0 saturated heterocycles. The van der Waals surface area contributed by atoms with Crippen molar-refractivity contribution in [2.24, 2.45) is 10.9 Å². The third-order valence-electron chi connectivity index (χ3n) is 1.56. The Hall–Kier alpha value is -1.84. The van der Waals surface area contributed by atoms with E-state index in [1.807, 2.05) is 0 Å². The van der Waals surface area contributed by atoms with Gasteiger partial charge in [-0.1, -0.05) is 12.1 Å². The van der Waals surface area contributed by atoms with Gasteiger partial charge in [0.05, 0.1) is 18.9 Å². The fourth-order valence-electron chi connectivity index (χ4n) is 0.909. The highest BCUT2D eigenvalue weighted by Gasteiger charge is 2.02. The molecule has 4 nitrogen and oxygen atoms in total. The number of carbonyl (C=O) groups is 1. The van der Waals surface area contributed by atoms with Gasteiger partial charge in [-0.05, 0) is 17.7 Å². The largest absolute Gasteiger partial charge is 0.465 e. The first-order valence-corrected chi connectivity index (χ1v) is 3.69. The van der Waals surface area contributed by atoms with Crippen LogP contribution in [0.5, 0.6) is 0 Å². The van der Waals surface area contributed by atoms with Gasteiger partial charge in [0, 0.05) is 0 Å². The maximum absolute atomic E-state index is 11.0. The maximum atomic E-state index is 11.0. The molecule has 1 aromatic rings. The standard InChI is InChI=1S/C9H10N2O2/c1-13-9(12)8-4-2-7(3-5-8)6-11-10/h2-6H,10H2,1H3. The molecule has 0 aliphatic rings. The van der Waals surface area contributed by atoms with Crippen LogP contribution in [-0.2, 0) is 4.74 Å². The summed E-state index contributed by atoms with van der Waals surface area (Å²) in [7, 11) is 1.34. The van der Waals surface area contributed by atoms with Crippen molar-refractivity contribution in [3.05, 3.63) is 35.4 Å². The molecule has 1 rings (SSSR count). The Morgan fingerprint density at radius 1 is 1.46 bits per heavy atom. The molecule has 0 fully saturated rings. The molecule has 0 unspecified atom stereocenters. The van der Waals surface area contributed by atoms with E-state index in [4.69, 9.17) is 5.84 Å². The van der Waals surface area contributed by atoms with Gasteiger partial charge in [-0.25, -0.2) is 4.79 Å². The van der Waals surface area contributed by atoms with Crippen molar-refractivity contribution < 1.29 is 9.53 Å². The van der Waals surface area contributed by atoms with E-state index in [1.165, 1.54) is 13.3 Å². The lowest BCUT2D eigenvalue weighted by Gasteiger charge is -1.98. The number of benzene rings is 1. The van der Waals surface area contributed by atoms with Crippen molar-refractivity contribution >= 4 is 12.2 Å². The number of nitrogens with two attached hydrogens (primary N) is 1. The van der Waals surface area contributed by atoms with Crippen LogP contribution in [0.2, 0.25) is 0 Å². The summed E-state index contributed by atoms with van der Waals surface area (Å²) >= 11 is 0. The molecule has 0 saturated carbocycles. The van der Waals surface area contributed by atoms with Crippen LogP contribution in [0.15, 0.2) is 29.4 Å². The Bertz CT molecular complexity index is 317. The summed E-state index contributed by atoms with van der Waals surface area (Å²) in [5.74, 6) is 4.61. The number of carbonyl (C=O) groups excluding carboxylic acids is 1. The summed E-state index contributed by atoms with van der Waals surface area (Å²) in [6.45, 7) is 0. The average molecular weight is 178 g/mol. The Balaban J connectivity index is 2.87. The molecule has 0 bridgehead atoms. The van der Waals surface area contributed by atoms with E-state index < -0.39 is 0 Å². The summed E-state index contributed by atoms with van der Waals surface area (Å²) in [6.07, 6.45) is 1.50. The fraction of sp³-hybridized carbons (Fsp3) is 0.111. The zero-order chi connectivity index (χ0) is 9.68. The van der Waals surface area contributed by atoms with Crippen molar-refractivity contribution in [2.45, 2.75) is 0 Å². The highest BCUT2D eigenvalue weighted by Crippen LogP contribution is 2.03. The van der Waals surface area contributed by atoms with E-state index in [0.29, 0.717) is 5.56 Å². The van der Waals surface area contributed by atoms with E-state index in [9.17, 15) is 4.79 Å². The number of esters is 1. The van der Waals surface area contributed by atoms with Gasteiger partial charge in [0.15, 0.2) is 0 Å². The SMILES string of the molecule is COC(=O)c1ccc(C=NN)cc1. The second-order valence-electron chi connectivity index (χ2n) is 2.39. The molecular formula is C9H10N2O2. The quantitative estimate of drug-likeness (QED) is 0.315. The van der Waals surface area contributed by atoms with Crippen molar-refractivity contribution in [3.63, 3.8) is 0 Å². The molecule has 0 spiro atoms. The number of hydrogen-bond donors (Lipinski definition) is 1. The molecule has 1 aromatic carbocycles. The topological polar surface area (TPSA) is 64.7 Å². The highest BCUT2D eigenvalue weighted by atomic mass is 16.5. The first-order valence-electron chi connectivity index (χ1n) is 3.69. The Kier molecular flexibility index (Phi) is 3.03. The van der Waals surface area contributed by atoms with E-state index in [0.717, 1.165) is 5.56 Å². The molecular weight excluding hydrogens is 168 g/mol. The minimum atomic E-state index is -0.351. The van der Waals surface area contributed by atoms with Gasteiger partial charge < -0.3 is 10.6 Å². The molecule has 2 N–H and O–H groups in total. The van der Waals surface area contributed by atoms with Gasteiger partial charge in [0.1, 0.15) is 0 Å². The number of ether oxygens (including phenoxy) is 1. The Morgan fingerprint density at radius 3 is 2.54 bits per heavy atom. The molecule has 0 amide bonds. The third-order valence-corrected chi connectivity index (χ3v) is 1.56. The highest BCUT2D eigenvalue weighted by molar-refractivity contribution is 5.90. The van der Waals surface area contributed by atoms with Crippen molar-refractivity contribution in [3.8, 4) is 0 Å². The van der Waals surface area contributed by atoms with Crippen molar-refractivity contribution in [1.29, 1.82) is 0 Å². The first kappa shape index (κ1) is 9.25. The first-order chi connectivity index (χ1) is 6.27. The van der Waals surface area contributed by atoms with Crippen LogP contribution in [0.25, 0.3) is 0 Å². The molecule has 0 atom stereocenters. The second kappa shape index (κ2) is 4.25. The van der Waals surface area contributed by atoms with Crippen LogP contribution in [0.3, 0.4) is 0 Å². The molecule has 68 valence electrons. The van der Waals surface area contributed by atoms with Gasteiger partial charge in [-0.3, -0.25) is 0 Å². The summed E-state index contributed by atoms with van der Waals surface area (Å²) in [6, 6.07) is 6.79. The predicted molar refractivity (Wildman–Crippen MR) is 49.6 cm³/mol. The number of methoxy groups -OCH3 is 1. The number of rotatable bonds is 2. The van der Waals surface area contributed by atoms with Crippen LogP contribution in [-0.4, -0.2) is 19.3 Å². The smallest absolute Gasteiger partial charge is 0.337 e. The summed E-state index contributed by atoms with van der Waals surface area (Å²) in [4.78, 5) is 11.0. The maximum Gasteiger partial charge on any atom is 0.337 e. The van der Waals surface area contributed by atoms with E-state index in [-0.39, 0.29) is 5.97 Å². The van der Waals surface area contributed by atoms with Gasteiger partial charge in [0.25, 0.3) is 0 Å². The molecule has 4 heteroatoms. The lowest BCUT2D eigenvalue weighted by molar-refractivity contribution is 0.0601. The summed E-state index contributed by atoms with van der Waals surface area (Å²) in [5.41, 5.74) is 1.35. The van der Waals surface area contributed by atoms with Crippen LogP contribution >= 0.6 is 0 Å². The van der Waals surface area contributed by atoms with E-state index >= 15 is 0 Å². The van der Waals surface area contributed by atoms with Gasteiger partial charge in [-0.2, -0.15) is 5.10 Å². The molecule has 13 heavy (non-hydrogen) atoms. The van der Waals surface area contributed by atoms with Gasteiger partial charge in [-0.15, -0.1) is 0 Å². The minimum Gasteiger partial charge on any atom is -0.465 e. The number of nitrogens with zero attached hydrogens (tertiary/aromatic N) is 1. The Morgan fingerprint density at radius 2 is 2.08 bits per heavy atom. The normalized spacial score (nSPS) is 10.2. The van der Waals surface area contributed by atoms with Crippen LogP contribution in [0.1, 0.15) is 15.9 Å². The van der Waals surface area contributed by atoms with Gasteiger partial charge >= 0.3 is 5.97 Å². The molecule has 0 aliphatic carbocycles. The fourth-order valence-corrected chi connectivity index (χ4v) is 0.909. The lowest BCUT2D eigenvalue weighted by Crippen LogP contribution is -2.00. The van der Waals surface area contributed by atoms with E-state index in [2.05, 4.69) is 9.84 Å². The third kappa shape index (κ3) is 2.30. The van der Waals surface area contributed by atoms with Crippen LogP contribution in [0, 0.1) is 0 Å². The summed E-state index contributed by atoms with van der Waals surface area (Å²) < 4.78 is 4.54. The molecule has 0 radical (unpaired) electrons. The lowest BCUT2D eigenvalue weighted by atomic mass is 10.1. The molecule has 0 heterocycles. The average Bonchev–Trinajstić information content (AvgIpc) is 2.18. The minimum absolute atomic E-state index is 0.351. The number of hydrogen-bond acceptors (Lipinski definition) is 4. The van der Waals surface area contributed by atoms with Crippen molar-refractivity contribution in [2.75, 3.05) is 7.11 Å². The molecule has 0 aromatic heterocycles. The van der Waals surface area contributed by atoms with Crippen LogP contribution in [0.4, 0.5) is 0 Å². The van der Waals surface area contributed by atoms with Gasteiger partial charge in [0.2, 0.25) is 0 Å². The Labute approximate surface area is 76.0 Å².